The predicted molar refractivity (Wildman–Crippen MR) is 141 cm³/mol. The molecule has 202 valence electrons. The molecule has 3 atom stereocenters. The molecular weight excluding hydrogens is 506 g/mol. The van der Waals surface area contributed by atoms with Gasteiger partial charge in [-0.05, 0) is 59.2 Å². The molecule has 13 heteroatoms. The summed E-state index contributed by atoms with van der Waals surface area (Å²) in [4.78, 5) is 17.7. The standard InChI is InChI=1S/C25H33N9O3S/c1-15(2)37-22(24-26-11-16(3)12-27-24)19(6)38(35,36)13-21-30-31-25(20-10-8-9-17(4)29-20)34(21)18(5)23-28-14-33(7)32-23/h8-12,14-15,18-19,22H,13H2,1-7H3/t18-,19+,22-/m1/s1. The molecule has 0 aromatic carbocycles. The van der Waals surface area contributed by atoms with Gasteiger partial charge in [-0.1, -0.05) is 6.07 Å². The van der Waals surface area contributed by atoms with Gasteiger partial charge in [-0.3, -0.25) is 9.25 Å². The molecule has 0 spiro atoms. The zero-order chi connectivity index (χ0) is 27.6. The molecule has 38 heavy (non-hydrogen) atoms. The Morgan fingerprint density at radius 1 is 0.974 bits per heavy atom. The van der Waals surface area contributed by atoms with Gasteiger partial charge in [0.25, 0.3) is 0 Å². The van der Waals surface area contributed by atoms with Gasteiger partial charge in [0.15, 0.2) is 27.3 Å². The Labute approximate surface area is 222 Å². The van der Waals surface area contributed by atoms with E-state index in [0.29, 0.717) is 23.2 Å². The van der Waals surface area contributed by atoms with Crippen LogP contribution < -0.4 is 0 Å². The number of hydrogen-bond acceptors (Lipinski definition) is 10. The fourth-order valence-electron chi connectivity index (χ4n) is 4.06. The highest BCUT2D eigenvalue weighted by molar-refractivity contribution is 7.91. The van der Waals surface area contributed by atoms with E-state index < -0.39 is 27.2 Å². The average Bonchev–Trinajstić information content (AvgIpc) is 3.48. The molecule has 0 radical (unpaired) electrons. The molecule has 0 aliphatic heterocycles. The van der Waals surface area contributed by atoms with Crippen LogP contribution in [0.15, 0.2) is 36.9 Å². The van der Waals surface area contributed by atoms with Gasteiger partial charge in [0, 0.05) is 25.1 Å². The minimum absolute atomic E-state index is 0.236. The van der Waals surface area contributed by atoms with Crippen LogP contribution in [0, 0.1) is 13.8 Å². The van der Waals surface area contributed by atoms with Crippen LogP contribution in [0.3, 0.4) is 0 Å². The summed E-state index contributed by atoms with van der Waals surface area (Å²) in [6.45, 7) is 10.9. The molecule has 4 heterocycles. The monoisotopic (exact) mass is 539 g/mol. The fraction of sp³-hybridized carbons (Fsp3) is 0.480. The van der Waals surface area contributed by atoms with Crippen LogP contribution in [0.5, 0.6) is 0 Å². The Morgan fingerprint density at radius 2 is 1.68 bits per heavy atom. The summed E-state index contributed by atoms with van der Waals surface area (Å²) < 4.78 is 37.0. The summed E-state index contributed by atoms with van der Waals surface area (Å²) in [5.41, 5.74) is 2.25. The van der Waals surface area contributed by atoms with Crippen molar-refractivity contribution in [2.75, 3.05) is 0 Å². The molecule has 0 amide bonds. The van der Waals surface area contributed by atoms with Crippen molar-refractivity contribution in [3.05, 3.63) is 65.7 Å². The van der Waals surface area contributed by atoms with Gasteiger partial charge in [0.2, 0.25) is 0 Å². The molecule has 0 N–H and O–H groups in total. The van der Waals surface area contributed by atoms with E-state index in [4.69, 9.17) is 4.74 Å². The smallest absolute Gasteiger partial charge is 0.183 e. The first-order valence-corrected chi connectivity index (χ1v) is 14.1. The molecule has 0 saturated carbocycles. The lowest BCUT2D eigenvalue weighted by molar-refractivity contribution is 0.00140. The van der Waals surface area contributed by atoms with E-state index in [2.05, 4.69) is 35.2 Å². The van der Waals surface area contributed by atoms with Crippen LogP contribution in [0.4, 0.5) is 0 Å². The molecule has 12 nitrogen and oxygen atoms in total. The van der Waals surface area contributed by atoms with Crippen molar-refractivity contribution in [2.45, 2.75) is 70.8 Å². The summed E-state index contributed by atoms with van der Waals surface area (Å²) >= 11 is 0. The third-order valence-corrected chi connectivity index (χ3v) is 8.10. The van der Waals surface area contributed by atoms with Crippen molar-refractivity contribution in [2.24, 2.45) is 7.05 Å². The number of nitrogens with zero attached hydrogens (tertiary/aromatic N) is 9. The summed E-state index contributed by atoms with van der Waals surface area (Å²) in [6.07, 6.45) is 3.80. The summed E-state index contributed by atoms with van der Waals surface area (Å²) in [5, 5.41) is 12.1. The molecule has 0 unspecified atom stereocenters. The maximum Gasteiger partial charge on any atom is 0.183 e. The van der Waals surface area contributed by atoms with Gasteiger partial charge < -0.3 is 4.74 Å². The molecule has 0 bridgehead atoms. The highest BCUT2D eigenvalue weighted by Gasteiger charge is 2.36. The minimum Gasteiger partial charge on any atom is -0.366 e. The van der Waals surface area contributed by atoms with E-state index in [9.17, 15) is 8.42 Å². The molecular formula is C25H33N9O3S. The lowest BCUT2D eigenvalue weighted by Crippen LogP contribution is -2.32. The number of aromatic nitrogens is 9. The molecule has 4 aromatic heterocycles. The number of hydrogen-bond donors (Lipinski definition) is 0. The Hall–Kier alpha value is -3.58. The summed E-state index contributed by atoms with van der Waals surface area (Å²) in [5.74, 6) is 1.12. The van der Waals surface area contributed by atoms with Crippen LogP contribution in [0.2, 0.25) is 0 Å². The van der Waals surface area contributed by atoms with E-state index in [0.717, 1.165) is 11.3 Å². The van der Waals surface area contributed by atoms with Gasteiger partial charge in [-0.2, -0.15) is 5.10 Å². The van der Waals surface area contributed by atoms with Crippen molar-refractivity contribution < 1.29 is 13.2 Å². The van der Waals surface area contributed by atoms with Gasteiger partial charge in [0.05, 0.1) is 17.4 Å². The molecule has 4 aromatic rings. The largest absolute Gasteiger partial charge is 0.366 e. The molecule has 4 rings (SSSR count). The molecule has 0 aliphatic carbocycles. The maximum absolute atomic E-state index is 13.8. The highest BCUT2D eigenvalue weighted by Crippen LogP contribution is 2.30. The van der Waals surface area contributed by atoms with Gasteiger partial charge >= 0.3 is 0 Å². The van der Waals surface area contributed by atoms with E-state index in [1.165, 1.54) is 0 Å². The van der Waals surface area contributed by atoms with Crippen molar-refractivity contribution in [1.82, 2.24) is 44.5 Å². The molecule has 0 aliphatic rings. The second-order valence-electron chi connectivity index (χ2n) is 9.66. The first-order valence-electron chi connectivity index (χ1n) is 12.3. The number of ether oxygens (including phenoxy) is 1. The lowest BCUT2D eigenvalue weighted by Gasteiger charge is -2.25. The Bertz CT molecular complexity index is 1500. The zero-order valence-corrected chi connectivity index (χ0v) is 23.5. The van der Waals surface area contributed by atoms with Gasteiger partial charge in [0.1, 0.15) is 29.7 Å². The van der Waals surface area contributed by atoms with Crippen LogP contribution in [-0.2, 0) is 27.4 Å². The van der Waals surface area contributed by atoms with E-state index >= 15 is 0 Å². The number of rotatable bonds is 10. The van der Waals surface area contributed by atoms with E-state index in [1.54, 1.807) is 41.9 Å². The average molecular weight is 540 g/mol. The normalized spacial score (nSPS) is 14.5. The van der Waals surface area contributed by atoms with E-state index in [1.807, 2.05) is 52.8 Å². The minimum atomic E-state index is -3.82. The van der Waals surface area contributed by atoms with E-state index in [-0.39, 0.29) is 17.7 Å². The third-order valence-electron chi connectivity index (χ3n) is 6.06. The highest BCUT2D eigenvalue weighted by atomic mass is 32.2. The Balaban J connectivity index is 1.75. The van der Waals surface area contributed by atoms with Gasteiger partial charge in [-0.25, -0.2) is 28.4 Å². The Kier molecular flexibility index (Phi) is 7.97. The second-order valence-corrected chi connectivity index (χ2v) is 12.0. The lowest BCUT2D eigenvalue weighted by atomic mass is 10.2. The summed E-state index contributed by atoms with van der Waals surface area (Å²) in [6, 6.07) is 5.11. The van der Waals surface area contributed by atoms with Crippen LogP contribution in [0.25, 0.3) is 11.5 Å². The Morgan fingerprint density at radius 3 is 2.29 bits per heavy atom. The number of aryl methyl sites for hydroxylation is 3. The van der Waals surface area contributed by atoms with Crippen molar-refractivity contribution in [3.8, 4) is 11.5 Å². The third kappa shape index (κ3) is 5.94. The van der Waals surface area contributed by atoms with Crippen molar-refractivity contribution in [3.63, 3.8) is 0 Å². The van der Waals surface area contributed by atoms with Gasteiger partial charge in [-0.15, -0.1) is 10.2 Å². The van der Waals surface area contributed by atoms with Crippen molar-refractivity contribution >= 4 is 9.84 Å². The predicted octanol–water partition coefficient (Wildman–Crippen LogP) is 2.95. The second kappa shape index (κ2) is 11.0. The SMILES string of the molecule is Cc1cnc([C@H](OC(C)C)[C@H](C)S(=O)(=O)Cc2nnc(-c3cccc(C)n3)n2[C@H](C)c2ncn(C)n2)nc1. The molecule has 0 fully saturated rings. The number of sulfone groups is 1. The van der Waals surface area contributed by atoms with Crippen molar-refractivity contribution in [1.29, 1.82) is 0 Å². The fourth-order valence-corrected chi connectivity index (χ4v) is 5.44. The van der Waals surface area contributed by atoms with Crippen LogP contribution in [0.1, 0.15) is 68.6 Å². The maximum atomic E-state index is 13.8. The first kappa shape index (κ1) is 27.5. The van der Waals surface area contributed by atoms with Crippen LogP contribution >= 0.6 is 0 Å². The molecule has 0 saturated heterocycles. The topological polar surface area (TPSA) is 143 Å². The van der Waals surface area contributed by atoms with Crippen LogP contribution in [-0.4, -0.2) is 64.3 Å². The quantitative estimate of drug-likeness (QED) is 0.295. The number of pyridine rings is 1. The first-order chi connectivity index (χ1) is 18.0. The zero-order valence-electron chi connectivity index (χ0n) is 22.6. The summed E-state index contributed by atoms with van der Waals surface area (Å²) in [7, 11) is -2.05.